The van der Waals surface area contributed by atoms with E-state index in [-0.39, 0.29) is 0 Å². The van der Waals surface area contributed by atoms with Crippen molar-refractivity contribution in [3.05, 3.63) is 60.6 Å². The number of hydrogen-bond acceptors (Lipinski definition) is 3. The molecule has 100 valence electrons. The van der Waals surface area contributed by atoms with Crippen molar-refractivity contribution in [3.8, 4) is 11.1 Å². The average molecular weight is 266 g/mol. The lowest BCUT2D eigenvalue weighted by atomic mass is 10.1. The van der Waals surface area contributed by atoms with E-state index in [1.165, 1.54) is 0 Å². The number of carbonyl (C=O) groups is 1. The minimum Gasteiger partial charge on any atom is -0.461 e. The summed E-state index contributed by atoms with van der Waals surface area (Å²) < 4.78 is 6.80. The summed E-state index contributed by atoms with van der Waals surface area (Å²) in [5.74, 6) is -0.391. The molecule has 0 unspecified atom stereocenters. The molecule has 0 aliphatic carbocycles. The van der Waals surface area contributed by atoms with E-state index < -0.39 is 5.97 Å². The van der Waals surface area contributed by atoms with Crippen molar-refractivity contribution in [2.75, 3.05) is 6.61 Å². The molecule has 0 bridgehead atoms. The van der Waals surface area contributed by atoms with Crippen LogP contribution in [0.25, 0.3) is 16.8 Å². The topological polar surface area (TPSA) is 43.6 Å². The molecule has 0 amide bonds. The molecule has 0 N–H and O–H groups in total. The molecule has 4 heteroatoms. The number of nitrogens with zero attached hydrogens (tertiary/aromatic N) is 2. The Kier molecular flexibility index (Phi) is 3.21. The van der Waals surface area contributed by atoms with Crippen LogP contribution < -0.4 is 0 Å². The molecular weight excluding hydrogens is 252 g/mol. The van der Waals surface area contributed by atoms with Crippen molar-refractivity contribution in [1.29, 1.82) is 0 Å². The van der Waals surface area contributed by atoms with Crippen LogP contribution >= 0.6 is 0 Å². The fourth-order valence-corrected chi connectivity index (χ4v) is 2.10. The first-order valence-electron chi connectivity index (χ1n) is 6.49. The Morgan fingerprint density at radius 1 is 1.10 bits per heavy atom. The third-order valence-corrected chi connectivity index (χ3v) is 3.04. The van der Waals surface area contributed by atoms with E-state index >= 15 is 0 Å². The van der Waals surface area contributed by atoms with Crippen molar-refractivity contribution in [2.45, 2.75) is 6.92 Å². The van der Waals surface area contributed by atoms with Gasteiger partial charge >= 0.3 is 5.97 Å². The van der Waals surface area contributed by atoms with E-state index in [9.17, 15) is 4.79 Å². The molecular formula is C16H14N2O2. The van der Waals surface area contributed by atoms with Gasteiger partial charge in [-0.3, -0.25) is 0 Å². The first kappa shape index (κ1) is 12.4. The van der Waals surface area contributed by atoms with Crippen LogP contribution in [-0.4, -0.2) is 22.0 Å². The fraction of sp³-hybridized carbons (Fsp3) is 0.125. The molecule has 3 aromatic rings. The normalized spacial score (nSPS) is 10.7. The number of pyridine rings is 1. The maximum Gasteiger partial charge on any atom is 0.358 e. The van der Waals surface area contributed by atoms with E-state index in [4.69, 9.17) is 4.74 Å². The van der Waals surface area contributed by atoms with Gasteiger partial charge in [-0.25, -0.2) is 9.78 Å². The highest BCUT2D eigenvalue weighted by Crippen LogP contribution is 2.19. The number of aromatic nitrogens is 2. The highest BCUT2D eigenvalue weighted by Gasteiger charge is 2.11. The second kappa shape index (κ2) is 5.17. The number of hydrogen-bond donors (Lipinski definition) is 0. The van der Waals surface area contributed by atoms with Gasteiger partial charge in [0.15, 0.2) is 5.69 Å². The first-order valence-corrected chi connectivity index (χ1v) is 6.49. The van der Waals surface area contributed by atoms with Gasteiger partial charge in [0.25, 0.3) is 0 Å². The van der Waals surface area contributed by atoms with Gasteiger partial charge in [0.2, 0.25) is 0 Å². The van der Waals surface area contributed by atoms with Crippen molar-refractivity contribution in [2.24, 2.45) is 0 Å². The molecule has 2 heterocycles. The SMILES string of the molecule is CCOC(=O)c1cn2cc(-c3ccccc3)ccc2n1. The monoisotopic (exact) mass is 266 g/mol. The highest BCUT2D eigenvalue weighted by atomic mass is 16.5. The van der Waals surface area contributed by atoms with Gasteiger partial charge in [0, 0.05) is 12.4 Å². The minimum absolute atomic E-state index is 0.331. The van der Waals surface area contributed by atoms with Gasteiger partial charge in [-0.15, -0.1) is 0 Å². The van der Waals surface area contributed by atoms with Crippen molar-refractivity contribution < 1.29 is 9.53 Å². The van der Waals surface area contributed by atoms with Crippen LogP contribution in [0.5, 0.6) is 0 Å². The third-order valence-electron chi connectivity index (χ3n) is 3.04. The molecule has 2 aromatic heterocycles. The molecule has 0 saturated carbocycles. The molecule has 0 fully saturated rings. The van der Waals surface area contributed by atoms with Crippen LogP contribution in [-0.2, 0) is 4.74 Å². The second-order valence-electron chi connectivity index (χ2n) is 4.40. The quantitative estimate of drug-likeness (QED) is 0.684. The number of imidazole rings is 1. The number of esters is 1. The number of rotatable bonds is 3. The van der Waals surface area contributed by atoms with Crippen LogP contribution in [0.1, 0.15) is 17.4 Å². The molecule has 0 saturated heterocycles. The standard InChI is InChI=1S/C16H14N2O2/c1-2-20-16(19)14-11-18-10-13(8-9-15(18)17-14)12-6-4-3-5-7-12/h3-11H,2H2,1H3. The van der Waals surface area contributed by atoms with Gasteiger partial charge in [0.05, 0.1) is 6.61 Å². The number of carbonyl (C=O) groups excluding carboxylic acids is 1. The summed E-state index contributed by atoms with van der Waals surface area (Å²) in [6.45, 7) is 2.13. The molecule has 0 spiro atoms. The summed E-state index contributed by atoms with van der Waals surface area (Å²) in [4.78, 5) is 15.9. The molecule has 4 nitrogen and oxygen atoms in total. The van der Waals surface area contributed by atoms with Crippen LogP contribution in [0.2, 0.25) is 0 Å². The minimum atomic E-state index is -0.391. The lowest BCUT2D eigenvalue weighted by Gasteiger charge is -2.01. The maximum absolute atomic E-state index is 11.7. The Morgan fingerprint density at radius 3 is 2.65 bits per heavy atom. The smallest absolute Gasteiger partial charge is 0.358 e. The summed E-state index contributed by atoms with van der Waals surface area (Å²) in [7, 11) is 0. The fourth-order valence-electron chi connectivity index (χ4n) is 2.10. The lowest BCUT2D eigenvalue weighted by molar-refractivity contribution is 0.0520. The van der Waals surface area contributed by atoms with Crippen LogP contribution in [0.15, 0.2) is 54.9 Å². The Hall–Kier alpha value is -2.62. The van der Waals surface area contributed by atoms with E-state index in [0.29, 0.717) is 12.3 Å². The predicted octanol–water partition coefficient (Wildman–Crippen LogP) is 3.18. The van der Waals surface area contributed by atoms with Gasteiger partial charge in [-0.2, -0.15) is 0 Å². The summed E-state index contributed by atoms with van der Waals surface area (Å²) >= 11 is 0. The number of benzene rings is 1. The zero-order valence-electron chi connectivity index (χ0n) is 11.1. The van der Waals surface area contributed by atoms with Crippen LogP contribution in [0, 0.1) is 0 Å². The molecule has 0 atom stereocenters. The summed E-state index contributed by atoms with van der Waals surface area (Å²) in [6.07, 6.45) is 3.65. The van der Waals surface area contributed by atoms with E-state index in [0.717, 1.165) is 16.8 Å². The van der Waals surface area contributed by atoms with Crippen molar-refractivity contribution in [3.63, 3.8) is 0 Å². The summed E-state index contributed by atoms with van der Waals surface area (Å²) in [5, 5.41) is 0. The molecule has 0 aliphatic rings. The number of ether oxygens (including phenoxy) is 1. The van der Waals surface area contributed by atoms with E-state index in [2.05, 4.69) is 4.98 Å². The molecule has 0 radical (unpaired) electrons. The van der Waals surface area contributed by atoms with Gasteiger partial charge in [-0.1, -0.05) is 30.3 Å². The Balaban J connectivity index is 2.02. The predicted molar refractivity (Wildman–Crippen MR) is 76.6 cm³/mol. The summed E-state index contributed by atoms with van der Waals surface area (Å²) in [5.41, 5.74) is 3.26. The zero-order chi connectivity index (χ0) is 13.9. The van der Waals surface area contributed by atoms with E-state index in [1.54, 1.807) is 13.1 Å². The lowest BCUT2D eigenvalue weighted by Crippen LogP contribution is -2.04. The Bertz CT molecular complexity index is 748. The number of fused-ring (bicyclic) bond motifs is 1. The highest BCUT2D eigenvalue weighted by molar-refractivity contribution is 5.88. The molecule has 3 rings (SSSR count). The Labute approximate surface area is 116 Å². The Morgan fingerprint density at radius 2 is 1.90 bits per heavy atom. The third kappa shape index (κ3) is 2.28. The molecule has 20 heavy (non-hydrogen) atoms. The summed E-state index contributed by atoms with van der Waals surface area (Å²) in [6, 6.07) is 14.0. The van der Waals surface area contributed by atoms with Crippen molar-refractivity contribution >= 4 is 11.6 Å². The molecule has 1 aromatic carbocycles. The van der Waals surface area contributed by atoms with Gasteiger partial charge in [-0.05, 0) is 30.2 Å². The van der Waals surface area contributed by atoms with Crippen LogP contribution in [0.3, 0.4) is 0 Å². The second-order valence-corrected chi connectivity index (χ2v) is 4.40. The van der Waals surface area contributed by atoms with Gasteiger partial charge < -0.3 is 9.14 Å². The average Bonchev–Trinajstić information content (AvgIpc) is 2.91. The van der Waals surface area contributed by atoms with Crippen molar-refractivity contribution in [1.82, 2.24) is 9.38 Å². The van der Waals surface area contributed by atoms with Crippen LogP contribution in [0.4, 0.5) is 0 Å². The molecule has 0 aliphatic heterocycles. The largest absolute Gasteiger partial charge is 0.461 e. The zero-order valence-corrected chi connectivity index (χ0v) is 11.1. The van der Waals surface area contributed by atoms with Gasteiger partial charge in [0.1, 0.15) is 5.65 Å². The van der Waals surface area contributed by atoms with E-state index in [1.807, 2.05) is 53.1 Å². The maximum atomic E-state index is 11.7. The first-order chi connectivity index (χ1) is 9.78.